The molecule has 2 heterocycles. The summed E-state index contributed by atoms with van der Waals surface area (Å²) in [5.74, 6) is 0.410. The van der Waals surface area contributed by atoms with Crippen LogP contribution in [0, 0.1) is 5.92 Å². The largest absolute Gasteiger partial charge is 0.497 e. The molecule has 134 valence electrons. The van der Waals surface area contributed by atoms with Crippen molar-refractivity contribution in [3.63, 3.8) is 0 Å². The number of fused-ring (bicyclic) bond motifs is 1. The molecule has 4 rings (SSSR count). The predicted molar refractivity (Wildman–Crippen MR) is 101 cm³/mol. The summed E-state index contributed by atoms with van der Waals surface area (Å²) in [6.45, 7) is 2.48. The van der Waals surface area contributed by atoms with Crippen molar-refractivity contribution in [1.82, 2.24) is 0 Å². The van der Waals surface area contributed by atoms with E-state index < -0.39 is 0 Å². The van der Waals surface area contributed by atoms with Gasteiger partial charge in [0.15, 0.2) is 0 Å². The molecular weight excluding hydrogens is 328 g/mol. The van der Waals surface area contributed by atoms with E-state index in [1.807, 2.05) is 47.4 Å². The number of rotatable bonds is 3. The molecule has 2 aliphatic heterocycles. The first-order valence-corrected chi connectivity index (χ1v) is 8.94. The van der Waals surface area contributed by atoms with E-state index in [1.54, 1.807) is 12.0 Å². The van der Waals surface area contributed by atoms with Crippen molar-refractivity contribution in [3.8, 4) is 5.75 Å². The molecular formula is C21H22N2O3. The second-order valence-corrected chi connectivity index (χ2v) is 7.00. The Morgan fingerprint density at radius 2 is 1.92 bits per heavy atom. The molecule has 2 atom stereocenters. The second-order valence-electron chi connectivity index (χ2n) is 7.00. The van der Waals surface area contributed by atoms with Gasteiger partial charge in [-0.2, -0.15) is 0 Å². The van der Waals surface area contributed by atoms with Crippen molar-refractivity contribution in [3.05, 3.63) is 54.1 Å². The zero-order valence-corrected chi connectivity index (χ0v) is 15.0. The van der Waals surface area contributed by atoms with Gasteiger partial charge in [0.05, 0.1) is 13.0 Å². The van der Waals surface area contributed by atoms with Crippen molar-refractivity contribution in [2.24, 2.45) is 5.92 Å². The van der Waals surface area contributed by atoms with E-state index in [2.05, 4.69) is 13.0 Å². The third-order valence-corrected chi connectivity index (χ3v) is 5.28. The Bertz CT molecular complexity index is 864. The molecule has 5 heteroatoms. The number of carbonyl (C=O) groups is 2. The topological polar surface area (TPSA) is 49.9 Å². The van der Waals surface area contributed by atoms with E-state index in [0.717, 1.165) is 17.8 Å². The summed E-state index contributed by atoms with van der Waals surface area (Å²) in [6, 6.07) is 15.6. The molecule has 0 aromatic heterocycles. The van der Waals surface area contributed by atoms with Crippen molar-refractivity contribution in [1.29, 1.82) is 0 Å². The SMILES string of the molecule is COc1cccc(N2C[C@@H](C(=O)N3c4ccccc4C[C@@H]3C)CC2=O)c1. The number of nitrogens with zero attached hydrogens (tertiary/aromatic N) is 2. The maximum atomic E-state index is 13.2. The minimum Gasteiger partial charge on any atom is -0.497 e. The molecule has 5 nitrogen and oxygen atoms in total. The fraction of sp³-hybridized carbons (Fsp3) is 0.333. The van der Waals surface area contributed by atoms with Crippen LogP contribution in [0.1, 0.15) is 18.9 Å². The second kappa shape index (κ2) is 6.48. The first-order valence-electron chi connectivity index (χ1n) is 8.94. The number of anilines is 2. The Hall–Kier alpha value is -2.82. The number of hydrogen-bond donors (Lipinski definition) is 0. The zero-order valence-electron chi connectivity index (χ0n) is 15.0. The fourth-order valence-electron chi connectivity index (χ4n) is 4.00. The van der Waals surface area contributed by atoms with Crippen LogP contribution in [-0.4, -0.2) is 31.5 Å². The minimum atomic E-state index is -0.317. The molecule has 2 aliphatic rings. The van der Waals surface area contributed by atoms with Gasteiger partial charge < -0.3 is 14.5 Å². The average molecular weight is 350 g/mol. The van der Waals surface area contributed by atoms with Crippen LogP contribution < -0.4 is 14.5 Å². The van der Waals surface area contributed by atoms with Gasteiger partial charge in [-0.3, -0.25) is 9.59 Å². The molecule has 1 saturated heterocycles. The standard InChI is InChI=1S/C21H22N2O3/c1-14-10-15-6-3-4-9-19(15)23(14)21(25)16-11-20(24)22(13-16)17-7-5-8-18(12-17)26-2/h3-9,12,14,16H,10-11,13H2,1-2H3/t14-,16-/m0/s1. The van der Waals surface area contributed by atoms with Gasteiger partial charge in [-0.25, -0.2) is 0 Å². The third kappa shape index (κ3) is 2.73. The highest BCUT2D eigenvalue weighted by atomic mass is 16.5. The molecule has 0 N–H and O–H groups in total. The summed E-state index contributed by atoms with van der Waals surface area (Å²) >= 11 is 0. The van der Waals surface area contributed by atoms with Gasteiger partial charge in [-0.1, -0.05) is 24.3 Å². The van der Waals surface area contributed by atoms with Crippen molar-refractivity contribution >= 4 is 23.2 Å². The minimum absolute atomic E-state index is 0.0169. The van der Waals surface area contributed by atoms with Gasteiger partial charge in [0.25, 0.3) is 0 Å². The summed E-state index contributed by atoms with van der Waals surface area (Å²) in [5.41, 5.74) is 2.96. The Morgan fingerprint density at radius 1 is 1.12 bits per heavy atom. The van der Waals surface area contributed by atoms with Gasteiger partial charge in [0.1, 0.15) is 5.75 Å². The van der Waals surface area contributed by atoms with Crippen molar-refractivity contribution < 1.29 is 14.3 Å². The Kier molecular flexibility index (Phi) is 4.15. The number of para-hydroxylation sites is 1. The lowest BCUT2D eigenvalue weighted by atomic mass is 10.1. The molecule has 26 heavy (non-hydrogen) atoms. The quantitative estimate of drug-likeness (QED) is 0.855. The van der Waals surface area contributed by atoms with E-state index in [1.165, 1.54) is 5.56 Å². The van der Waals surface area contributed by atoms with Crippen molar-refractivity contribution in [2.75, 3.05) is 23.5 Å². The summed E-state index contributed by atoms with van der Waals surface area (Å²) in [6.07, 6.45) is 1.11. The van der Waals surface area contributed by atoms with Gasteiger partial charge in [0.2, 0.25) is 11.8 Å². The number of benzene rings is 2. The monoisotopic (exact) mass is 350 g/mol. The molecule has 2 amide bonds. The molecule has 1 fully saturated rings. The highest BCUT2D eigenvalue weighted by molar-refractivity contribution is 6.05. The Morgan fingerprint density at radius 3 is 2.73 bits per heavy atom. The van der Waals surface area contributed by atoms with E-state index in [9.17, 15) is 9.59 Å². The van der Waals surface area contributed by atoms with Crippen LogP contribution in [-0.2, 0) is 16.0 Å². The lowest BCUT2D eigenvalue weighted by Gasteiger charge is -2.26. The van der Waals surface area contributed by atoms with Gasteiger partial charge in [-0.05, 0) is 37.1 Å². The van der Waals surface area contributed by atoms with Gasteiger partial charge >= 0.3 is 0 Å². The number of ether oxygens (including phenoxy) is 1. The van der Waals surface area contributed by atoms with E-state index in [-0.39, 0.29) is 30.2 Å². The van der Waals surface area contributed by atoms with Crippen LogP contribution in [0.4, 0.5) is 11.4 Å². The van der Waals surface area contributed by atoms with Crippen LogP contribution in [0.25, 0.3) is 0 Å². The molecule has 0 radical (unpaired) electrons. The van der Waals surface area contributed by atoms with E-state index >= 15 is 0 Å². The van der Waals surface area contributed by atoms with Gasteiger partial charge in [-0.15, -0.1) is 0 Å². The normalized spacial score (nSPS) is 21.8. The Balaban J connectivity index is 1.56. The predicted octanol–water partition coefficient (Wildman–Crippen LogP) is 3.03. The number of methoxy groups -OCH3 is 1. The summed E-state index contributed by atoms with van der Waals surface area (Å²) in [4.78, 5) is 29.3. The third-order valence-electron chi connectivity index (χ3n) is 5.28. The fourth-order valence-corrected chi connectivity index (χ4v) is 4.00. The highest BCUT2D eigenvalue weighted by Gasteiger charge is 2.41. The highest BCUT2D eigenvalue weighted by Crippen LogP contribution is 2.35. The average Bonchev–Trinajstić information content (AvgIpc) is 3.20. The van der Waals surface area contributed by atoms with Crippen LogP contribution in [0.5, 0.6) is 5.75 Å². The molecule has 0 aliphatic carbocycles. The lowest BCUT2D eigenvalue weighted by molar-refractivity contribution is -0.124. The van der Waals surface area contributed by atoms with Crippen LogP contribution >= 0.6 is 0 Å². The molecule has 0 bridgehead atoms. The Labute approximate surface area is 153 Å². The number of hydrogen-bond acceptors (Lipinski definition) is 3. The molecule has 0 spiro atoms. The van der Waals surface area contributed by atoms with Crippen LogP contribution in [0.15, 0.2) is 48.5 Å². The first-order chi connectivity index (χ1) is 12.6. The maximum Gasteiger partial charge on any atom is 0.232 e. The van der Waals surface area contributed by atoms with Crippen LogP contribution in [0.3, 0.4) is 0 Å². The lowest BCUT2D eigenvalue weighted by Crippen LogP contribution is -2.41. The summed E-state index contributed by atoms with van der Waals surface area (Å²) in [7, 11) is 1.60. The molecule has 2 aromatic carbocycles. The molecule has 2 aromatic rings. The van der Waals surface area contributed by atoms with Crippen molar-refractivity contribution in [2.45, 2.75) is 25.8 Å². The molecule has 0 unspecified atom stereocenters. The number of carbonyl (C=O) groups excluding carboxylic acids is 2. The van der Waals surface area contributed by atoms with Crippen LogP contribution in [0.2, 0.25) is 0 Å². The molecule has 0 saturated carbocycles. The van der Waals surface area contributed by atoms with E-state index in [0.29, 0.717) is 12.3 Å². The zero-order chi connectivity index (χ0) is 18.3. The summed E-state index contributed by atoms with van der Waals surface area (Å²) < 4.78 is 5.25. The van der Waals surface area contributed by atoms with Gasteiger partial charge in [0, 0.05) is 36.4 Å². The van der Waals surface area contributed by atoms with E-state index in [4.69, 9.17) is 4.74 Å². The number of amides is 2. The maximum absolute atomic E-state index is 13.2. The summed E-state index contributed by atoms with van der Waals surface area (Å²) in [5, 5.41) is 0. The smallest absolute Gasteiger partial charge is 0.232 e. The first kappa shape index (κ1) is 16.6.